The molecule has 0 fully saturated rings. The van der Waals surface area contributed by atoms with Gasteiger partial charge in [0.15, 0.2) is 5.13 Å². The van der Waals surface area contributed by atoms with E-state index in [9.17, 15) is 4.79 Å². The summed E-state index contributed by atoms with van der Waals surface area (Å²) in [6, 6.07) is 17.5. The first kappa shape index (κ1) is 17.5. The molecule has 0 aliphatic carbocycles. The number of anilines is 1. The molecule has 0 saturated heterocycles. The van der Waals surface area contributed by atoms with Crippen molar-refractivity contribution in [1.82, 2.24) is 4.98 Å². The van der Waals surface area contributed by atoms with Gasteiger partial charge in [0, 0.05) is 10.9 Å². The van der Waals surface area contributed by atoms with Crippen LogP contribution < -0.4 is 9.64 Å². The number of carbonyl (C=O) groups is 1. The number of ether oxygens (including phenoxy) is 1. The van der Waals surface area contributed by atoms with Crippen LogP contribution in [0.5, 0.6) is 5.75 Å². The number of rotatable bonds is 6. The molecule has 1 amide bonds. The van der Waals surface area contributed by atoms with Crippen LogP contribution in [-0.2, 0) is 11.3 Å². The van der Waals surface area contributed by atoms with E-state index >= 15 is 0 Å². The Labute approximate surface area is 155 Å². The van der Waals surface area contributed by atoms with Gasteiger partial charge in [0.05, 0.1) is 19.3 Å². The van der Waals surface area contributed by atoms with Gasteiger partial charge in [0.1, 0.15) is 11.6 Å². The zero-order valence-electron chi connectivity index (χ0n) is 13.7. The molecule has 0 radical (unpaired) electrons. The molecule has 0 spiro atoms. The highest BCUT2D eigenvalue weighted by atomic mass is 35.5. The van der Waals surface area contributed by atoms with Crippen molar-refractivity contribution in [3.63, 3.8) is 0 Å². The van der Waals surface area contributed by atoms with Crippen molar-refractivity contribution >= 4 is 34.0 Å². The Hall–Kier alpha value is -2.37. The van der Waals surface area contributed by atoms with Gasteiger partial charge in [0.25, 0.3) is 0 Å². The third-order valence-corrected chi connectivity index (χ3v) is 4.80. The average molecular weight is 373 g/mol. The van der Waals surface area contributed by atoms with Gasteiger partial charge in [-0.25, -0.2) is 4.98 Å². The van der Waals surface area contributed by atoms with E-state index in [2.05, 4.69) is 4.98 Å². The molecule has 0 unspecified atom stereocenters. The van der Waals surface area contributed by atoms with Gasteiger partial charge >= 0.3 is 0 Å². The van der Waals surface area contributed by atoms with Crippen molar-refractivity contribution in [2.24, 2.45) is 0 Å². The first-order valence-corrected chi connectivity index (χ1v) is 9.13. The zero-order chi connectivity index (χ0) is 17.6. The Kier molecular flexibility index (Phi) is 5.68. The predicted molar refractivity (Wildman–Crippen MR) is 102 cm³/mol. The molecule has 0 N–H and O–H groups in total. The fraction of sp³-hybridized carbons (Fsp3) is 0.158. The third-order valence-electron chi connectivity index (χ3n) is 3.71. The van der Waals surface area contributed by atoms with E-state index in [4.69, 9.17) is 16.3 Å². The number of halogens is 1. The molecule has 3 aromatic rings. The Morgan fingerprint density at radius 2 is 1.88 bits per heavy atom. The molecule has 4 nitrogen and oxygen atoms in total. The van der Waals surface area contributed by atoms with Gasteiger partial charge in [-0.3, -0.25) is 9.69 Å². The number of aromatic nitrogens is 1. The van der Waals surface area contributed by atoms with E-state index < -0.39 is 0 Å². The number of benzene rings is 2. The summed E-state index contributed by atoms with van der Waals surface area (Å²) in [4.78, 5) is 18.5. The van der Waals surface area contributed by atoms with Crippen molar-refractivity contribution in [1.29, 1.82) is 0 Å². The van der Waals surface area contributed by atoms with Gasteiger partial charge in [0.2, 0.25) is 5.91 Å². The summed E-state index contributed by atoms with van der Waals surface area (Å²) in [6.07, 6.45) is 0. The first-order valence-electron chi connectivity index (χ1n) is 7.71. The standard InChI is InChI=1S/C19H17ClN2O2S/c1-24-16-9-7-15(8-10-16)17-13-25-19(21-17)22(18(23)11-20)12-14-5-3-2-4-6-14/h2-10,13H,11-12H2,1H3. The Morgan fingerprint density at radius 1 is 1.16 bits per heavy atom. The molecule has 0 bridgehead atoms. The second-order valence-electron chi connectivity index (χ2n) is 5.34. The SMILES string of the molecule is COc1ccc(-c2csc(N(Cc3ccccc3)C(=O)CCl)n2)cc1. The second-order valence-corrected chi connectivity index (χ2v) is 6.45. The summed E-state index contributed by atoms with van der Waals surface area (Å²) < 4.78 is 5.18. The molecular formula is C19H17ClN2O2S. The maximum atomic E-state index is 12.3. The summed E-state index contributed by atoms with van der Waals surface area (Å²) in [5.41, 5.74) is 2.83. The van der Waals surface area contributed by atoms with Crippen molar-refractivity contribution < 1.29 is 9.53 Å². The molecule has 25 heavy (non-hydrogen) atoms. The van der Waals surface area contributed by atoms with Crippen LogP contribution in [0, 0.1) is 0 Å². The molecule has 6 heteroatoms. The van der Waals surface area contributed by atoms with E-state index in [1.54, 1.807) is 12.0 Å². The van der Waals surface area contributed by atoms with Crippen LogP contribution in [0.4, 0.5) is 5.13 Å². The lowest BCUT2D eigenvalue weighted by molar-refractivity contribution is -0.116. The number of amides is 1. The minimum Gasteiger partial charge on any atom is -0.497 e. The third kappa shape index (κ3) is 4.18. The van der Waals surface area contributed by atoms with Crippen LogP contribution in [0.15, 0.2) is 60.0 Å². The van der Waals surface area contributed by atoms with E-state index in [0.29, 0.717) is 11.7 Å². The summed E-state index contributed by atoms with van der Waals surface area (Å²) in [5.74, 6) is 0.549. The Balaban J connectivity index is 1.86. The number of hydrogen-bond acceptors (Lipinski definition) is 4. The number of methoxy groups -OCH3 is 1. The normalized spacial score (nSPS) is 10.5. The zero-order valence-corrected chi connectivity index (χ0v) is 15.3. The average Bonchev–Trinajstić information content (AvgIpc) is 3.16. The molecule has 0 aliphatic rings. The molecule has 0 aliphatic heterocycles. The lowest BCUT2D eigenvalue weighted by Gasteiger charge is -2.18. The van der Waals surface area contributed by atoms with Crippen LogP contribution in [0.1, 0.15) is 5.56 Å². The van der Waals surface area contributed by atoms with Crippen molar-refractivity contribution in [3.8, 4) is 17.0 Å². The topological polar surface area (TPSA) is 42.4 Å². The van der Waals surface area contributed by atoms with Crippen molar-refractivity contribution in [2.45, 2.75) is 6.54 Å². The predicted octanol–water partition coefficient (Wildman–Crippen LogP) is 4.59. The van der Waals surface area contributed by atoms with Crippen LogP contribution in [0.2, 0.25) is 0 Å². The van der Waals surface area contributed by atoms with E-state index in [1.165, 1.54) is 11.3 Å². The number of carbonyl (C=O) groups excluding carboxylic acids is 1. The van der Waals surface area contributed by atoms with E-state index in [1.807, 2.05) is 60.0 Å². The summed E-state index contributed by atoms with van der Waals surface area (Å²) in [7, 11) is 1.63. The van der Waals surface area contributed by atoms with E-state index in [-0.39, 0.29) is 11.8 Å². The second kappa shape index (κ2) is 8.14. The highest BCUT2D eigenvalue weighted by Gasteiger charge is 2.19. The van der Waals surface area contributed by atoms with Crippen LogP contribution in [0.3, 0.4) is 0 Å². The quantitative estimate of drug-likeness (QED) is 0.594. The molecule has 3 rings (SSSR count). The summed E-state index contributed by atoms with van der Waals surface area (Å²) in [5, 5.41) is 2.58. The van der Waals surface area contributed by atoms with Gasteiger partial charge in [-0.1, -0.05) is 30.3 Å². The number of nitrogens with zero attached hydrogens (tertiary/aromatic N) is 2. The van der Waals surface area contributed by atoms with Gasteiger partial charge in [-0.15, -0.1) is 22.9 Å². The maximum Gasteiger partial charge on any atom is 0.244 e. The molecule has 1 heterocycles. The molecule has 0 saturated carbocycles. The first-order chi connectivity index (χ1) is 12.2. The van der Waals surface area contributed by atoms with Gasteiger partial charge in [-0.2, -0.15) is 0 Å². The lowest BCUT2D eigenvalue weighted by Crippen LogP contribution is -2.31. The number of alkyl halides is 1. The number of hydrogen-bond donors (Lipinski definition) is 0. The van der Waals surface area contributed by atoms with Gasteiger partial charge in [-0.05, 0) is 29.8 Å². The molecular weight excluding hydrogens is 356 g/mol. The Morgan fingerprint density at radius 3 is 2.52 bits per heavy atom. The number of thiazole rings is 1. The van der Waals surface area contributed by atoms with Crippen LogP contribution >= 0.6 is 22.9 Å². The van der Waals surface area contributed by atoms with Crippen LogP contribution in [0.25, 0.3) is 11.3 Å². The minimum absolute atomic E-state index is 0.0791. The monoisotopic (exact) mass is 372 g/mol. The molecule has 1 aromatic heterocycles. The fourth-order valence-corrected chi connectivity index (χ4v) is 3.38. The minimum atomic E-state index is -0.166. The highest BCUT2D eigenvalue weighted by Crippen LogP contribution is 2.29. The smallest absolute Gasteiger partial charge is 0.244 e. The summed E-state index contributed by atoms with van der Waals surface area (Å²) >= 11 is 7.22. The molecule has 2 aromatic carbocycles. The molecule has 128 valence electrons. The van der Waals surface area contributed by atoms with Crippen molar-refractivity contribution in [2.75, 3.05) is 17.9 Å². The largest absolute Gasteiger partial charge is 0.497 e. The lowest BCUT2D eigenvalue weighted by atomic mass is 10.2. The van der Waals surface area contributed by atoms with Gasteiger partial charge < -0.3 is 4.74 Å². The van der Waals surface area contributed by atoms with E-state index in [0.717, 1.165) is 22.6 Å². The fourth-order valence-electron chi connectivity index (χ4n) is 2.38. The highest BCUT2D eigenvalue weighted by molar-refractivity contribution is 7.14. The molecule has 0 atom stereocenters. The maximum absolute atomic E-state index is 12.3. The summed E-state index contributed by atoms with van der Waals surface area (Å²) in [6.45, 7) is 0.446. The Bertz CT molecular complexity index is 834. The van der Waals surface area contributed by atoms with Crippen LogP contribution in [-0.4, -0.2) is 23.9 Å². The van der Waals surface area contributed by atoms with Crippen molar-refractivity contribution in [3.05, 3.63) is 65.5 Å².